The number of esters is 1. The number of benzene rings is 1. The first-order valence-electron chi connectivity index (χ1n) is 7.91. The quantitative estimate of drug-likeness (QED) is 0.331. The molecule has 1 aromatic heterocycles. The molecule has 3 rings (SSSR count). The van der Waals surface area contributed by atoms with Crippen LogP contribution in [0.3, 0.4) is 0 Å². The van der Waals surface area contributed by atoms with Gasteiger partial charge in [0.05, 0.1) is 28.6 Å². The Morgan fingerprint density at radius 2 is 2.04 bits per heavy atom. The summed E-state index contributed by atoms with van der Waals surface area (Å²) in [6.45, 7) is 1.66. The topological polar surface area (TPSA) is 99.0 Å². The Morgan fingerprint density at radius 1 is 1.27 bits per heavy atom. The largest absolute Gasteiger partial charge is 0.454 e. The number of Topliss-reactive ketones (excluding diaryl/α,β-unsaturated/α-hetero) is 1. The van der Waals surface area contributed by atoms with Crippen LogP contribution in [0.2, 0.25) is 0 Å². The van der Waals surface area contributed by atoms with E-state index in [4.69, 9.17) is 9.47 Å². The second-order valence-electron chi connectivity index (χ2n) is 5.54. The molecule has 0 aliphatic carbocycles. The van der Waals surface area contributed by atoms with Crippen LogP contribution in [0.5, 0.6) is 0 Å². The van der Waals surface area contributed by atoms with Gasteiger partial charge in [-0.1, -0.05) is 6.07 Å². The zero-order valence-corrected chi connectivity index (χ0v) is 14.6. The summed E-state index contributed by atoms with van der Waals surface area (Å²) in [6.07, 6.45) is 0. The van der Waals surface area contributed by atoms with Gasteiger partial charge in [0.1, 0.15) is 5.69 Å². The predicted octanol–water partition coefficient (Wildman–Crippen LogP) is 2.53. The minimum Gasteiger partial charge on any atom is -0.454 e. The molecule has 26 heavy (non-hydrogen) atoms. The van der Waals surface area contributed by atoms with Crippen molar-refractivity contribution in [1.29, 1.82) is 0 Å². The molecule has 0 spiro atoms. The van der Waals surface area contributed by atoms with E-state index >= 15 is 0 Å². The normalized spacial score (nSPS) is 14.1. The highest BCUT2D eigenvalue weighted by Crippen LogP contribution is 2.30. The fourth-order valence-electron chi connectivity index (χ4n) is 2.59. The molecule has 0 radical (unpaired) electrons. The molecule has 136 valence electrons. The summed E-state index contributed by atoms with van der Waals surface area (Å²) in [5.74, 6) is -1.08. The Labute approximate surface area is 153 Å². The fourth-order valence-corrected chi connectivity index (χ4v) is 3.24. The third kappa shape index (κ3) is 4.06. The van der Waals surface area contributed by atoms with Gasteiger partial charge in [0.2, 0.25) is 5.78 Å². The summed E-state index contributed by atoms with van der Waals surface area (Å²) in [5.41, 5.74) is 0.295. The van der Waals surface area contributed by atoms with Crippen molar-refractivity contribution in [2.24, 2.45) is 0 Å². The van der Waals surface area contributed by atoms with Crippen molar-refractivity contribution < 1.29 is 24.0 Å². The lowest BCUT2D eigenvalue weighted by Gasteiger charge is -2.28. The second-order valence-corrected chi connectivity index (χ2v) is 6.48. The highest BCUT2D eigenvalue weighted by molar-refractivity contribution is 7.12. The van der Waals surface area contributed by atoms with Crippen LogP contribution in [0.25, 0.3) is 0 Å². The minimum absolute atomic E-state index is 0.0349. The van der Waals surface area contributed by atoms with Crippen LogP contribution >= 0.6 is 11.3 Å². The molecule has 2 heterocycles. The molecular weight excluding hydrogens is 360 g/mol. The number of nitro benzene ring substituents is 1. The molecule has 0 saturated carbocycles. The maximum absolute atomic E-state index is 12.2. The Hall–Kier alpha value is -2.78. The van der Waals surface area contributed by atoms with E-state index in [1.807, 2.05) is 4.90 Å². The third-order valence-corrected chi connectivity index (χ3v) is 4.80. The molecule has 8 nitrogen and oxygen atoms in total. The smallest absolute Gasteiger partial charge is 0.338 e. The van der Waals surface area contributed by atoms with Crippen LogP contribution in [-0.4, -0.2) is 49.6 Å². The molecule has 0 atom stereocenters. The molecule has 0 bridgehead atoms. The number of nitrogens with zero attached hydrogens (tertiary/aromatic N) is 2. The molecule has 0 amide bonds. The molecule has 1 saturated heterocycles. The van der Waals surface area contributed by atoms with Gasteiger partial charge in [0.15, 0.2) is 6.61 Å². The maximum atomic E-state index is 12.2. The summed E-state index contributed by atoms with van der Waals surface area (Å²) in [4.78, 5) is 37.2. The van der Waals surface area contributed by atoms with Crippen LogP contribution in [0.4, 0.5) is 11.4 Å². The van der Waals surface area contributed by atoms with Crippen LogP contribution in [0.15, 0.2) is 35.7 Å². The number of rotatable bonds is 6. The molecule has 1 fully saturated rings. The van der Waals surface area contributed by atoms with Crippen molar-refractivity contribution in [3.8, 4) is 0 Å². The lowest BCUT2D eigenvalue weighted by atomic mass is 10.1. The number of thiophene rings is 1. The summed E-state index contributed by atoms with van der Waals surface area (Å²) < 4.78 is 10.2. The lowest BCUT2D eigenvalue weighted by molar-refractivity contribution is -0.384. The Kier molecular flexibility index (Phi) is 5.59. The van der Waals surface area contributed by atoms with Crippen molar-refractivity contribution in [3.05, 3.63) is 56.3 Å². The number of morpholine rings is 1. The SMILES string of the molecule is O=C(OCC(=O)c1cccs1)c1ccc(N2CCOCC2)c([N+](=O)[O-])c1. The van der Waals surface area contributed by atoms with Crippen LogP contribution in [0.1, 0.15) is 20.0 Å². The molecule has 1 aliphatic rings. The van der Waals surface area contributed by atoms with Crippen molar-refractivity contribution in [2.45, 2.75) is 0 Å². The number of anilines is 1. The number of nitro groups is 1. The first-order valence-corrected chi connectivity index (χ1v) is 8.79. The van der Waals surface area contributed by atoms with Crippen molar-refractivity contribution in [2.75, 3.05) is 37.8 Å². The van der Waals surface area contributed by atoms with Crippen molar-refractivity contribution in [1.82, 2.24) is 0 Å². The standard InChI is InChI=1S/C17H16N2O6S/c20-15(16-2-1-9-26-16)11-25-17(21)12-3-4-13(14(10-12)19(22)23)18-5-7-24-8-6-18/h1-4,9-10H,5-8,11H2. The Bertz CT molecular complexity index is 815. The monoisotopic (exact) mass is 376 g/mol. The Balaban J connectivity index is 1.73. The summed E-state index contributed by atoms with van der Waals surface area (Å²) in [6, 6.07) is 7.55. The van der Waals surface area contributed by atoms with E-state index in [0.29, 0.717) is 36.9 Å². The van der Waals surface area contributed by atoms with Crippen LogP contribution < -0.4 is 4.90 Å². The molecule has 1 aromatic carbocycles. The predicted molar refractivity (Wildman–Crippen MR) is 95.1 cm³/mol. The highest BCUT2D eigenvalue weighted by atomic mass is 32.1. The van der Waals surface area contributed by atoms with Gasteiger partial charge in [-0.15, -0.1) is 11.3 Å². The number of ketones is 1. The van der Waals surface area contributed by atoms with Crippen LogP contribution in [0, 0.1) is 10.1 Å². The number of hydrogen-bond donors (Lipinski definition) is 0. The second kappa shape index (κ2) is 8.07. The lowest BCUT2D eigenvalue weighted by Crippen LogP contribution is -2.36. The van der Waals surface area contributed by atoms with Gasteiger partial charge in [-0.2, -0.15) is 0 Å². The molecule has 2 aromatic rings. The minimum atomic E-state index is -0.772. The number of carbonyl (C=O) groups is 2. The summed E-state index contributed by atoms with van der Waals surface area (Å²) in [5, 5.41) is 13.2. The van der Waals surface area contributed by atoms with Gasteiger partial charge in [-0.25, -0.2) is 4.79 Å². The van der Waals surface area contributed by atoms with E-state index in [2.05, 4.69) is 0 Å². The third-order valence-electron chi connectivity index (χ3n) is 3.89. The van der Waals surface area contributed by atoms with Crippen molar-refractivity contribution in [3.63, 3.8) is 0 Å². The van der Waals surface area contributed by atoms with Gasteiger partial charge in [0.25, 0.3) is 5.69 Å². The van der Waals surface area contributed by atoms with Gasteiger partial charge in [-0.05, 0) is 23.6 Å². The van der Waals surface area contributed by atoms with Gasteiger partial charge >= 0.3 is 5.97 Å². The molecule has 9 heteroatoms. The van der Waals surface area contributed by atoms with Crippen LogP contribution in [-0.2, 0) is 9.47 Å². The van der Waals surface area contributed by atoms with E-state index in [1.54, 1.807) is 17.5 Å². The van der Waals surface area contributed by atoms with E-state index in [0.717, 1.165) is 0 Å². The number of ether oxygens (including phenoxy) is 2. The molecule has 0 unspecified atom stereocenters. The van der Waals surface area contributed by atoms with E-state index in [-0.39, 0.29) is 17.0 Å². The van der Waals surface area contributed by atoms with Gasteiger partial charge < -0.3 is 14.4 Å². The number of hydrogen-bond acceptors (Lipinski definition) is 8. The fraction of sp³-hybridized carbons (Fsp3) is 0.294. The average molecular weight is 376 g/mol. The maximum Gasteiger partial charge on any atom is 0.338 e. The molecule has 0 N–H and O–H groups in total. The number of carbonyl (C=O) groups excluding carboxylic acids is 2. The summed E-state index contributed by atoms with van der Waals surface area (Å²) in [7, 11) is 0. The molecule has 1 aliphatic heterocycles. The van der Waals surface area contributed by atoms with E-state index in [1.165, 1.54) is 29.5 Å². The zero-order valence-electron chi connectivity index (χ0n) is 13.8. The summed E-state index contributed by atoms with van der Waals surface area (Å²) >= 11 is 1.26. The Morgan fingerprint density at radius 3 is 2.69 bits per heavy atom. The zero-order chi connectivity index (χ0) is 18.5. The van der Waals surface area contributed by atoms with Gasteiger partial charge in [0, 0.05) is 19.2 Å². The van der Waals surface area contributed by atoms with Crippen molar-refractivity contribution >= 4 is 34.5 Å². The highest BCUT2D eigenvalue weighted by Gasteiger charge is 2.24. The first-order chi connectivity index (χ1) is 12.6. The average Bonchev–Trinajstić information content (AvgIpc) is 3.21. The molecular formula is C17H16N2O6S. The first kappa shape index (κ1) is 18.0. The van der Waals surface area contributed by atoms with Gasteiger partial charge in [-0.3, -0.25) is 14.9 Å². The van der Waals surface area contributed by atoms with E-state index in [9.17, 15) is 19.7 Å². The van der Waals surface area contributed by atoms with E-state index < -0.39 is 17.5 Å².